The first-order chi connectivity index (χ1) is 31.3. The second kappa shape index (κ2) is 15.0. The van der Waals surface area contributed by atoms with Gasteiger partial charge in [0, 0.05) is 50.4 Å². The Bertz CT molecular complexity index is 3090. The predicted molar refractivity (Wildman–Crippen MR) is 262 cm³/mol. The number of aromatic nitrogens is 2. The van der Waals surface area contributed by atoms with Crippen molar-refractivity contribution in [2.45, 2.75) is 70.6 Å². The molecule has 1 aromatic heterocycles. The molecular weight excluding hydrogens is 777 g/mol. The van der Waals surface area contributed by atoms with Crippen LogP contribution in [0.4, 0.5) is 0 Å². The minimum atomic E-state index is -0.192. The average Bonchev–Trinajstić information content (AvgIpc) is 3.65. The van der Waals surface area contributed by atoms with Gasteiger partial charge in [0.1, 0.15) is 11.5 Å². The zero-order valence-corrected chi connectivity index (χ0v) is 37.3. The second-order valence-corrected chi connectivity index (χ2v) is 19.7. The summed E-state index contributed by atoms with van der Waals surface area (Å²) in [5.41, 5.74) is 17.6. The van der Waals surface area contributed by atoms with Gasteiger partial charge >= 0.3 is 0 Å². The van der Waals surface area contributed by atoms with Gasteiger partial charge in [-0.25, -0.2) is 9.97 Å². The van der Waals surface area contributed by atoms with Crippen molar-refractivity contribution >= 4 is 0 Å². The molecule has 0 saturated heterocycles. The molecule has 0 N–H and O–H groups in total. The van der Waals surface area contributed by atoms with E-state index in [0.29, 0.717) is 17.7 Å². The molecule has 4 aliphatic rings. The SMILES string of the molecule is CCC1CC2CC(C)C3(c4ccc(-c5cnc(-c6cccc(-c7ccccc7)c6)nc5-c5cccc(-c6ccccc6)c5)cc4-c4ccc5c(c43)Oc3ccccc3C5(C)C)C(C1)C2. The van der Waals surface area contributed by atoms with Gasteiger partial charge in [-0.1, -0.05) is 174 Å². The van der Waals surface area contributed by atoms with Crippen LogP contribution in [0.25, 0.3) is 67.2 Å². The Morgan fingerprint density at radius 2 is 1.20 bits per heavy atom. The first kappa shape index (κ1) is 39.0. The Hall–Kier alpha value is -6.58. The molecule has 0 amide bonds. The molecule has 314 valence electrons. The van der Waals surface area contributed by atoms with Crippen molar-refractivity contribution in [2.24, 2.45) is 23.7 Å². The largest absolute Gasteiger partial charge is 0.456 e. The molecule has 1 spiro atoms. The number of benzene rings is 7. The fourth-order valence-corrected chi connectivity index (χ4v) is 13.0. The maximum atomic E-state index is 7.27. The van der Waals surface area contributed by atoms with Gasteiger partial charge in [-0.2, -0.15) is 0 Å². The first-order valence-corrected chi connectivity index (χ1v) is 23.6. The standard InChI is InChI=1S/C61H54N2O/c1-5-39-31-40-30-38(2)61(48(32-39)33-40)52-28-26-45(36-50(52)49-27-29-54-58(56(49)61)64-55-25-13-12-24-53(55)60(54,3)4)51-37-62-59(47-23-15-21-44(35-47)42-18-10-7-11-19-42)63-57(51)46-22-14-20-43(34-46)41-16-8-6-9-17-41/h6-29,34-40,48H,5,30-33H2,1-4H3. The highest BCUT2D eigenvalue weighted by molar-refractivity contribution is 5.91. The van der Waals surface area contributed by atoms with E-state index in [1.54, 1.807) is 0 Å². The molecule has 2 bridgehead atoms. The van der Waals surface area contributed by atoms with Gasteiger partial charge in [-0.3, -0.25) is 0 Å². The Kier molecular flexibility index (Phi) is 9.16. The van der Waals surface area contributed by atoms with Crippen molar-refractivity contribution in [1.82, 2.24) is 9.97 Å². The number of ether oxygens (including phenoxy) is 1. The van der Waals surface area contributed by atoms with Crippen LogP contribution in [0.3, 0.4) is 0 Å². The van der Waals surface area contributed by atoms with Crippen LogP contribution in [0.2, 0.25) is 0 Å². The van der Waals surface area contributed by atoms with Gasteiger partial charge in [-0.15, -0.1) is 0 Å². The molecule has 8 aromatic rings. The first-order valence-electron chi connectivity index (χ1n) is 23.6. The van der Waals surface area contributed by atoms with Crippen molar-refractivity contribution in [3.63, 3.8) is 0 Å². The van der Waals surface area contributed by atoms with Crippen LogP contribution in [0.5, 0.6) is 11.5 Å². The highest BCUT2D eigenvalue weighted by Crippen LogP contribution is 2.68. The maximum Gasteiger partial charge on any atom is 0.159 e. The van der Waals surface area contributed by atoms with E-state index in [1.807, 2.05) is 0 Å². The average molecular weight is 831 g/mol. The van der Waals surface area contributed by atoms with Crippen molar-refractivity contribution in [2.75, 3.05) is 0 Å². The lowest BCUT2D eigenvalue weighted by Crippen LogP contribution is -2.49. The number of fused-ring (bicyclic) bond motifs is 11. The summed E-state index contributed by atoms with van der Waals surface area (Å²) >= 11 is 0. The Balaban J connectivity index is 1.06. The summed E-state index contributed by atoms with van der Waals surface area (Å²) in [6.07, 6.45) is 8.50. The van der Waals surface area contributed by atoms with Crippen molar-refractivity contribution < 1.29 is 4.74 Å². The minimum absolute atomic E-state index is 0.141. The lowest BCUT2D eigenvalue weighted by Gasteiger charge is -2.55. The Labute approximate surface area is 378 Å². The Morgan fingerprint density at radius 3 is 1.95 bits per heavy atom. The van der Waals surface area contributed by atoms with Gasteiger partial charge in [0.15, 0.2) is 5.82 Å². The molecule has 5 atom stereocenters. The fourth-order valence-electron chi connectivity index (χ4n) is 13.0. The van der Waals surface area contributed by atoms with E-state index < -0.39 is 0 Å². The summed E-state index contributed by atoms with van der Waals surface area (Å²) in [7, 11) is 0. The van der Waals surface area contributed by atoms with Gasteiger partial charge in [0.05, 0.1) is 5.69 Å². The van der Waals surface area contributed by atoms with E-state index in [9.17, 15) is 0 Å². The van der Waals surface area contributed by atoms with Crippen molar-refractivity contribution in [1.29, 1.82) is 0 Å². The molecule has 3 heteroatoms. The molecule has 64 heavy (non-hydrogen) atoms. The number of rotatable bonds is 6. The van der Waals surface area contributed by atoms with Crippen LogP contribution in [-0.4, -0.2) is 9.97 Å². The smallest absolute Gasteiger partial charge is 0.159 e. The topological polar surface area (TPSA) is 35.0 Å². The zero-order chi connectivity index (χ0) is 43.2. The van der Waals surface area contributed by atoms with E-state index >= 15 is 0 Å². The van der Waals surface area contributed by atoms with Crippen LogP contribution in [0.1, 0.15) is 82.1 Å². The number of hydrogen-bond donors (Lipinski definition) is 0. The summed E-state index contributed by atoms with van der Waals surface area (Å²) in [6.45, 7) is 9.75. The normalized spacial score (nSPS) is 22.2. The summed E-state index contributed by atoms with van der Waals surface area (Å²) in [5, 5.41) is 0. The van der Waals surface area contributed by atoms with Crippen molar-refractivity contribution in [3.05, 3.63) is 192 Å². The van der Waals surface area contributed by atoms with E-state index in [-0.39, 0.29) is 10.8 Å². The van der Waals surface area contributed by atoms with Gasteiger partial charge in [0.2, 0.25) is 0 Å². The van der Waals surface area contributed by atoms with E-state index in [4.69, 9.17) is 14.7 Å². The summed E-state index contributed by atoms with van der Waals surface area (Å²) in [5.74, 6) is 5.37. The quantitative estimate of drug-likeness (QED) is 0.167. The third kappa shape index (κ3) is 6.00. The second-order valence-electron chi connectivity index (χ2n) is 19.7. The molecule has 5 unspecified atom stereocenters. The molecule has 7 aromatic carbocycles. The molecule has 2 heterocycles. The van der Waals surface area contributed by atoms with Gasteiger partial charge in [-0.05, 0) is 118 Å². The van der Waals surface area contributed by atoms with E-state index in [1.165, 1.54) is 76.6 Å². The predicted octanol–water partition coefficient (Wildman–Crippen LogP) is 16.0. The third-order valence-electron chi connectivity index (χ3n) is 15.9. The van der Waals surface area contributed by atoms with Gasteiger partial charge < -0.3 is 4.74 Å². The molecule has 12 rings (SSSR count). The summed E-state index contributed by atoms with van der Waals surface area (Å²) in [6, 6.07) is 59.6. The maximum absolute atomic E-state index is 7.27. The number of para-hydroxylation sites is 1. The number of hydrogen-bond acceptors (Lipinski definition) is 3. The molecular formula is C61H54N2O. The van der Waals surface area contributed by atoms with Crippen molar-refractivity contribution in [3.8, 4) is 78.7 Å². The van der Waals surface area contributed by atoms with E-state index in [0.717, 1.165) is 62.4 Å². The lowest BCUT2D eigenvalue weighted by atomic mass is 9.49. The van der Waals surface area contributed by atoms with Crippen LogP contribution in [0.15, 0.2) is 170 Å². The molecule has 3 aliphatic carbocycles. The number of nitrogens with zero attached hydrogens (tertiary/aromatic N) is 2. The van der Waals surface area contributed by atoms with E-state index in [2.05, 4.69) is 198 Å². The lowest BCUT2D eigenvalue weighted by molar-refractivity contribution is 0.0357. The fraction of sp³-hybridized carbons (Fsp3) is 0.246. The van der Waals surface area contributed by atoms with Crippen LogP contribution >= 0.6 is 0 Å². The summed E-state index contributed by atoms with van der Waals surface area (Å²) < 4.78 is 7.27. The van der Waals surface area contributed by atoms with Crippen LogP contribution < -0.4 is 4.74 Å². The molecule has 0 radical (unpaired) electrons. The minimum Gasteiger partial charge on any atom is -0.456 e. The Morgan fingerprint density at radius 1 is 0.547 bits per heavy atom. The highest BCUT2D eigenvalue weighted by Gasteiger charge is 2.59. The summed E-state index contributed by atoms with van der Waals surface area (Å²) in [4.78, 5) is 10.7. The molecule has 3 nitrogen and oxygen atoms in total. The third-order valence-corrected chi connectivity index (χ3v) is 15.9. The molecule has 1 aliphatic heterocycles. The highest BCUT2D eigenvalue weighted by atomic mass is 16.5. The monoisotopic (exact) mass is 830 g/mol. The molecule has 2 saturated carbocycles. The molecule has 2 fully saturated rings. The zero-order valence-electron chi connectivity index (χ0n) is 37.3. The van der Waals surface area contributed by atoms with Gasteiger partial charge in [0.25, 0.3) is 0 Å². The van der Waals surface area contributed by atoms with Crippen LogP contribution in [-0.2, 0) is 10.8 Å². The van der Waals surface area contributed by atoms with Crippen LogP contribution in [0, 0.1) is 23.7 Å².